The fourth-order valence-corrected chi connectivity index (χ4v) is 4.35. The monoisotopic (exact) mass is 429 g/mol. The molecule has 1 N–H and O–H groups in total. The number of benzene rings is 2. The van der Waals surface area contributed by atoms with Crippen LogP contribution in [-0.4, -0.2) is 24.6 Å². The third kappa shape index (κ3) is 3.16. The molecule has 0 unspecified atom stereocenters. The first-order valence-electron chi connectivity index (χ1n) is 10.7. The number of nitrogens with zero attached hydrogens (tertiary/aromatic N) is 2. The molecule has 0 aliphatic carbocycles. The van der Waals surface area contributed by atoms with Crippen molar-refractivity contribution in [1.82, 2.24) is 4.57 Å². The predicted octanol–water partition coefficient (Wildman–Crippen LogP) is 4.26. The van der Waals surface area contributed by atoms with E-state index >= 15 is 0 Å². The Hall–Kier alpha value is -3.92. The van der Waals surface area contributed by atoms with Crippen LogP contribution in [0.3, 0.4) is 0 Å². The van der Waals surface area contributed by atoms with Gasteiger partial charge in [0.2, 0.25) is 6.79 Å². The Morgan fingerprint density at radius 3 is 2.50 bits per heavy atom. The van der Waals surface area contributed by atoms with Gasteiger partial charge in [-0.3, -0.25) is 5.41 Å². The summed E-state index contributed by atoms with van der Waals surface area (Å²) in [6.45, 7) is 5.71. The largest absolute Gasteiger partial charge is 0.490 e. The molecule has 0 amide bonds. The van der Waals surface area contributed by atoms with E-state index in [4.69, 9.17) is 24.4 Å². The van der Waals surface area contributed by atoms with Crippen molar-refractivity contribution in [2.24, 2.45) is 0 Å². The predicted molar refractivity (Wildman–Crippen MR) is 118 cm³/mol. The van der Waals surface area contributed by atoms with Gasteiger partial charge in [0.05, 0.1) is 18.9 Å². The Kier molecular flexibility index (Phi) is 4.98. The minimum Gasteiger partial charge on any atom is -0.490 e. The van der Waals surface area contributed by atoms with Crippen LogP contribution in [0.2, 0.25) is 0 Å². The zero-order valence-electron chi connectivity index (χ0n) is 18.0. The van der Waals surface area contributed by atoms with E-state index in [0.29, 0.717) is 48.1 Å². The van der Waals surface area contributed by atoms with E-state index in [0.717, 1.165) is 34.6 Å². The van der Waals surface area contributed by atoms with E-state index in [9.17, 15) is 5.26 Å². The summed E-state index contributed by atoms with van der Waals surface area (Å²) in [6, 6.07) is 13.9. The highest BCUT2D eigenvalue weighted by molar-refractivity contribution is 5.79. The van der Waals surface area contributed by atoms with E-state index < -0.39 is 0 Å². The van der Waals surface area contributed by atoms with Gasteiger partial charge in [-0.15, -0.1) is 0 Å². The number of nitrogens with one attached hydrogen (secondary N) is 1. The lowest BCUT2D eigenvalue weighted by molar-refractivity contribution is 0.174. The van der Waals surface area contributed by atoms with Crippen LogP contribution in [0.25, 0.3) is 22.4 Å². The molecule has 2 aliphatic rings. The lowest BCUT2D eigenvalue weighted by Gasteiger charge is -2.25. The van der Waals surface area contributed by atoms with Crippen LogP contribution in [0.15, 0.2) is 36.4 Å². The van der Waals surface area contributed by atoms with Crippen molar-refractivity contribution in [2.75, 3.05) is 20.0 Å². The van der Waals surface area contributed by atoms with Gasteiger partial charge < -0.3 is 23.5 Å². The molecule has 2 aromatic carbocycles. The second-order valence-corrected chi connectivity index (χ2v) is 7.57. The van der Waals surface area contributed by atoms with Crippen molar-refractivity contribution in [3.8, 4) is 51.5 Å². The SMILES string of the molecule is CCOc1ccc(-c2cc3n(c(=N)c2C#N)CCc2cc4c(cc2-3)OCO4)cc1OCC. The molecule has 3 aromatic rings. The van der Waals surface area contributed by atoms with Crippen molar-refractivity contribution >= 4 is 0 Å². The smallest absolute Gasteiger partial charge is 0.231 e. The quantitative estimate of drug-likeness (QED) is 0.655. The van der Waals surface area contributed by atoms with E-state index in [1.54, 1.807) is 0 Å². The molecule has 0 radical (unpaired) electrons. The van der Waals surface area contributed by atoms with Crippen LogP contribution < -0.4 is 24.4 Å². The Balaban J connectivity index is 1.71. The zero-order valence-corrected chi connectivity index (χ0v) is 18.0. The third-order valence-electron chi connectivity index (χ3n) is 5.79. The summed E-state index contributed by atoms with van der Waals surface area (Å²) in [5, 5.41) is 18.7. The van der Waals surface area contributed by atoms with Gasteiger partial charge >= 0.3 is 0 Å². The maximum atomic E-state index is 9.92. The van der Waals surface area contributed by atoms with Crippen LogP contribution in [0.1, 0.15) is 25.0 Å². The van der Waals surface area contributed by atoms with Crippen molar-refractivity contribution in [3.63, 3.8) is 0 Å². The van der Waals surface area contributed by atoms with Crippen molar-refractivity contribution < 1.29 is 18.9 Å². The molecular formula is C25H23N3O4. The molecule has 1 aromatic heterocycles. The number of fused-ring (bicyclic) bond motifs is 4. The fourth-order valence-electron chi connectivity index (χ4n) is 4.35. The van der Waals surface area contributed by atoms with Crippen molar-refractivity contribution in [1.29, 1.82) is 10.7 Å². The standard InChI is InChI=1S/C25H23N3O4/c1-3-29-21-6-5-15(9-22(21)30-4-2)17-11-20-18-12-24-23(31-14-32-24)10-16(18)7-8-28(20)25(27)19(17)13-26/h5-6,9-12,27H,3-4,7-8,14H2,1-2H3. The average Bonchev–Trinajstić information content (AvgIpc) is 3.26. The zero-order chi connectivity index (χ0) is 22.2. The summed E-state index contributed by atoms with van der Waals surface area (Å²) >= 11 is 0. The molecule has 7 nitrogen and oxygen atoms in total. The van der Waals surface area contributed by atoms with E-state index in [1.165, 1.54) is 0 Å². The molecule has 162 valence electrons. The molecule has 0 bridgehead atoms. The lowest BCUT2D eigenvalue weighted by Crippen LogP contribution is -2.28. The third-order valence-corrected chi connectivity index (χ3v) is 5.79. The first-order valence-corrected chi connectivity index (χ1v) is 10.7. The first kappa shape index (κ1) is 20.0. The number of ether oxygens (including phenoxy) is 4. The lowest BCUT2D eigenvalue weighted by atomic mass is 9.92. The number of pyridine rings is 1. The van der Waals surface area contributed by atoms with Gasteiger partial charge in [0.1, 0.15) is 17.1 Å². The molecule has 0 fully saturated rings. The van der Waals surface area contributed by atoms with Gasteiger partial charge in [-0.1, -0.05) is 6.07 Å². The molecule has 0 saturated heterocycles. The molecule has 5 rings (SSSR count). The highest BCUT2D eigenvalue weighted by atomic mass is 16.7. The summed E-state index contributed by atoms with van der Waals surface area (Å²) in [6.07, 6.45) is 0.761. The minimum atomic E-state index is 0.204. The highest BCUT2D eigenvalue weighted by Gasteiger charge is 2.25. The maximum Gasteiger partial charge on any atom is 0.231 e. The molecule has 32 heavy (non-hydrogen) atoms. The number of hydrogen-bond donors (Lipinski definition) is 1. The van der Waals surface area contributed by atoms with Crippen LogP contribution in [0.4, 0.5) is 0 Å². The summed E-state index contributed by atoms with van der Waals surface area (Å²) in [7, 11) is 0. The summed E-state index contributed by atoms with van der Waals surface area (Å²) < 4.78 is 24.5. The fraction of sp³-hybridized carbons (Fsp3) is 0.280. The minimum absolute atomic E-state index is 0.204. The van der Waals surface area contributed by atoms with Crippen LogP contribution in [-0.2, 0) is 13.0 Å². The Morgan fingerprint density at radius 1 is 1.00 bits per heavy atom. The van der Waals surface area contributed by atoms with Crippen molar-refractivity contribution in [3.05, 3.63) is 53.0 Å². The first-order chi connectivity index (χ1) is 15.6. The molecule has 7 heteroatoms. The van der Waals surface area contributed by atoms with E-state index in [1.807, 2.05) is 54.8 Å². The summed E-state index contributed by atoms with van der Waals surface area (Å²) in [5.41, 5.74) is 5.06. The molecular weight excluding hydrogens is 406 g/mol. The summed E-state index contributed by atoms with van der Waals surface area (Å²) in [5.74, 6) is 2.74. The van der Waals surface area contributed by atoms with Crippen LogP contribution in [0.5, 0.6) is 23.0 Å². The maximum absolute atomic E-state index is 9.92. The number of aryl methyl sites for hydroxylation is 1. The van der Waals surface area contributed by atoms with Gasteiger partial charge in [-0.05, 0) is 61.7 Å². The molecule has 0 atom stereocenters. The average molecular weight is 429 g/mol. The molecule has 0 spiro atoms. The van der Waals surface area contributed by atoms with E-state index in [2.05, 4.69) is 6.07 Å². The molecule has 3 heterocycles. The normalized spacial score (nSPS) is 13.2. The Morgan fingerprint density at radius 2 is 1.75 bits per heavy atom. The van der Waals surface area contributed by atoms with E-state index in [-0.39, 0.29) is 12.3 Å². The van der Waals surface area contributed by atoms with Gasteiger partial charge in [0.25, 0.3) is 0 Å². The van der Waals surface area contributed by atoms with Crippen LogP contribution >= 0.6 is 0 Å². The van der Waals surface area contributed by atoms with Gasteiger partial charge in [-0.2, -0.15) is 5.26 Å². The number of aromatic nitrogens is 1. The number of rotatable bonds is 5. The highest BCUT2D eigenvalue weighted by Crippen LogP contribution is 2.42. The Labute approximate surface area is 185 Å². The van der Waals surface area contributed by atoms with Gasteiger partial charge in [-0.25, -0.2) is 0 Å². The number of hydrogen-bond acceptors (Lipinski definition) is 6. The van der Waals surface area contributed by atoms with Gasteiger partial charge in [0.15, 0.2) is 23.0 Å². The second-order valence-electron chi connectivity index (χ2n) is 7.57. The molecule has 2 aliphatic heterocycles. The topological polar surface area (TPSA) is 89.5 Å². The Bertz CT molecular complexity index is 1320. The van der Waals surface area contributed by atoms with Crippen LogP contribution in [0, 0.1) is 16.7 Å². The second kappa shape index (κ2) is 7.97. The number of nitriles is 1. The summed E-state index contributed by atoms with van der Waals surface area (Å²) in [4.78, 5) is 0. The molecule has 0 saturated carbocycles. The van der Waals surface area contributed by atoms with Gasteiger partial charge in [0, 0.05) is 17.7 Å². The van der Waals surface area contributed by atoms with Crippen molar-refractivity contribution in [2.45, 2.75) is 26.8 Å².